The molecule has 10 aromatic rings. The number of allylic oxidation sites excluding steroid dienone is 1. The summed E-state index contributed by atoms with van der Waals surface area (Å²) in [5.41, 5.74) is 14.9. The normalized spacial score (nSPS) is 15.5. The van der Waals surface area contributed by atoms with E-state index in [0.717, 1.165) is 36.4 Å². The predicted molar refractivity (Wildman–Crippen MR) is 228 cm³/mol. The first-order valence-corrected chi connectivity index (χ1v) is 19.5. The summed E-state index contributed by atoms with van der Waals surface area (Å²) in [6, 6.07) is 40.6. The zero-order valence-electron chi connectivity index (χ0n) is 29.9. The number of nitrogens with zero attached hydrogens (tertiary/aromatic N) is 3. The molecule has 0 spiro atoms. The number of rotatable bonds is 1. The molecule has 5 heteroatoms. The minimum Gasteiger partial charge on any atom is -0.458 e. The Hall–Kier alpha value is -6.90. The number of benzene rings is 6. The highest BCUT2D eigenvalue weighted by atomic mass is 16.5. The van der Waals surface area contributed by atoms with E-state index >= 15 is 0 Å². The fraction of sp³-hybridized carbons (Fsp3) is 0.0800. The van der Waals surface area contributed by atoms with E-state index in [0.29, 0.717) is 6.42 Å². The predicted octanol–water partition coefficient (Wildman–Crippen LogP) is 7.98. The Morgan fingerprint density at radius 2 is 1.42 bits per heavy atom. The molecule has 0 fully saturated rings. The van der Waals surface area contributed by atoms with Crippen LogP contribution in [-0.2, 0) is 6.42 Å². The van der Waals surface area contributed by atoms with Crippen molar-refractivity contribution in [1.29, 1.82) is 0 Å². The number of hydrogen-bond donors (Lipinski definition) is 0. The van der Waals surface area contributed by atoms with Crippen molar-refractivity contribution in [2.45, 2.75) is 25.7 Å². The highest BCUT2D eigenvalue weighted by Gasteiger charge is 2.41. The Kier molecular flexibility index (Phi) is 5.19. The number of aromatic nitrogens is 3. The molecule has 0 unspecified atom stereocenters. The van der Waals surface area contributed by atoms with Gasteiger partial charge in [-0.1, -0.05) is 109 Å². The molecule has 6 heterocycles. The molecule has 0 saturated carbocycles. The number of hydrogen-bond acceptors (Lipinski definition) is 1. The second-order valence-corrected chi connectivity index (χ2v) is 15.6. The molecule has 4 aliphatic rings. The summed E-state index contributed by atoms with van der Waals surface area (Å²) in [4.78, 5) is 0. The number of fused-ring (bicyclic) bond motifs is 17. The standard InChI is InChI=1S/C50H30BN3O/c1-2-4-21-39-30(14-3-1)31-15-5-9-22-40(31)52(39)29-26-43-47-45(27-29)55-44-25-12-8-19-37(44)51(47)38-20-13-18-33-36-28-35-32-16-6-10-23-41(32)53-42-24-11-7-17-34(42)46(49(35)53)50(36)54(43)48(33)38/h3,5-6,8-10,12-20,22-28H,1,7,11,21H2/b14-3-. The first kappa shape index (κ1) is 28.6. The van der Waals surface area contributed by atoms with Gasteiger partial charge in [0, 0.05) is 77.8 Å². The van der Waals surface area contributed by atoms with Gasteiger partial charge in [-0.15, -0.1) is 0 Å². The summed E-state index contributed by atoms with van der Waals surface area (Å²) < 4.78 is 14.7. The summed E-state index contributed by atoms with van der Waals surface area (Å²) in [7, 11) is 0. The minimum absolute atomic E-state index is 0.0438. The van der Waals surface area contributed by atoms with Crippen LogP contribution in [0.1, 0.15) is 30.5 Å². The average Bonchev–Trinajstić information content (AvgIpc) is 3.93. The van der Waals surface area contributed by atoms with Gasteiger partial charge in [-0.25, -0.2) is 0 Å². The highest BCUT2D eigenvalue weighted by Crippen LogP contribution is 2.44. The fourth-order valence-electron chi connectivity index (χ4n) is 10.9. The SMILES string of the molecule is C1#CCc2c(c3ccccc3n2-c2cc3c4c(c2)-n2c5c(cccc5c5cc6c7ccccc7n7c8c(c(c52)c67)=CCCC=8)B4c2ccccc2O3)/C=C\C1. The largest absolute Gasteiger partial charge is 0.458 e. The summed E-state index contributed by atoms with van der Waals surface area (Å²) >= 11 is 0. The molecule has 4 nitrogen and oxygen atoms in total. The summed E-state index contributed by atoms with van der Waals surface area (Å²) in [5, 5.41) is 10.5. The first-order valence-electron chi connectivity index (χ1n) is 19.5. The van der Waals surface area contributed by atoms with Crippen LogP contribution in [0.15, 0.2) is 115 Å². The van der Waals surface area contributed by atoms with E-state index in [1.54, 1.807) is 0 Å². The van der Waals surface area contributed by atoms with Gasteiger partial charge in [0.05, 0.1) is 34.2 Å². The molecule has 0 saturated heterocycles. The topological polar surface area (TPSA) is 23.5 Å². The zero-order chi connectivity index (χ0) is 35.5. The Balaban J connectivity index is 1.21. The second-order valence-electron chi connectivity index (χ2n) is 15.6. The maximum Gasteiger partial charge on any atom is 0.256 e. The van der Waals surface area contributed by atoms with Crippen LogP contribution in [0.5, 0.6) is 11.5 Å². The molecule has 0 radical (unpaired) electrons. The lowest BCUT2D eigenvalue weighted by atomic mass is 9.34. The van der Waals surface area contributed by atoms with E-state index < -0.39 is 0 Å². The van der Waals surface area contributed by atoms with Gasteiger partial charge in [0.1, 0.15) is 11.5 Å². The van der Waals surface area contributed by atoms with Gasteiger partial charge in [-0.3, -0.25) is 0 Å². The summed E-state index contributed by atoms with van der Waals surface area (Å²) in [6.07, 6.45) is 13.0. The molecule has 0 atom stereocenters. The van der Waals surface area contributed by atoms with E-state index in [4.69, 9.17) is 4.74 Å². The van der Waals surface area contributed by atoms with E-state index in [1.807, 2.05) is 0 Å². The van der Waals surface area contributed by atoms with E-state index in [-0.39, 0.29) is 6.71 Å². The summed E-state index contributed by atoms with van der Waals surface area (Å²) in [6.45, 7) is 0.0438. The Labute approximate surface area is 315 Å². The molecule has 254 valence electrons. The van der Waals surface area contributed by atoms with Gasteiger partial charge in [0.25, 0.3) is 6.71 Å². The van der Waals surface area contributed by atoms with Gasteiger partial charge in [-0.05, 0) is 59.6 Å². The zero-order valence-corrected chi connectivity index (χ0v) is 29.9. The highest BCUT2D eigenvalue weighted by molar-refractivity contribution is 6.99. The van der Waals surface area contributed by atoms with Crippen LogP contribution in [0.2, 0.25) is 0 Å². The molecule has 55 heavy (non-hydrogen) atoms. The maximum absolute atomic E-state index is 7.03. The van der Waals surface area contributed by atoms with Gasteiger partial charge < -0.3 is 18.3 Å². The molecule has 2 aliphatic carbocycles. The monoisotopic (exact) mass is 699 g/mol. The number of para-hydroxylation sites is 4. The molecule has 2 aliphatic heterocycles. The van der Waals surface area contributed by atoms with Crippen molar-refractivity contribution in [2.24, 2.45) is 0 Å². The third kappa shape index (κ3) is 3.39. The molecule has 4 aromatic heterocycles. The van der Waals surface area contributed by atoms with Gasteiger partial charge in [0.15, 0.2) is 0 Å². The molecule has 0 amide bonds. The van der Waals surface area contributed by atoms with E-state index in [2.05, 4.69) is 159 Å². The minimum atomic E-state index is 0.0438. The lowest BCUT2D eigenvalue weighted by Gasteiger charge is -2.34. The quantitative estimate of drug-likeness (QED) is 0.126. The van der Waals surface area contributed by atoms with Crippen molar-refractivity contribution < 1.29 is 4.74 Å². The fourth-order valence-corrected chi connectivity index (χ4v) is 10.9. The van der Waals surface area contributed by atoms with Crippen molar-refractivity contribution in [3.05, 3.63) is 137 Å². The van der Waals surface area contributed by atoms with Crippen molar-refractivity contribution >= 4 is 101 Å². The molecular formula is C50H30BN3O. The van der Waals surface area contributed by atoms with Crippen LogP contribution >= 0.6 is 0 Å². The summed E-state index contributed by atoms with van der Waals surface area (Å²) in [5.74, 6) is 8.70. The third-order valence-electron chi connectivity index (χ3n) is 12.9. The first-order chi connectivity index (χ1) is 27.3. The third-order valence-corrected chi connectivity index (χ3v) is 12.9. The molecule has 6 aromatic carbocycles. The number of ether oxygens (including phenoxy) is 1. The molecule has 14 rings (SSSR count). The maximum atomic E-state index is 7.03. The molecule has 0 bridgehead atoms. The lowest BCUT2D eigenvalue weighted by molar-refractivity contribution is 0.487. The van der Waals surface area contributed by atoms with E-state index in [1.165, 1.54) is 104 Å². The van der Waals surface area contributed by atoms with E-state index in [9.17, 15) is 0 Å². The second kappa shape index (κ2) is 9.99. The van der Waals surface area contributed by atoms with Crippen LogP contribution in [0.3, 0.4) is 0 Å². The Morgan fingerprint density at radius 1 is 0.618 bits per heavy atom. The van der Waals surface area contributed by atoms with Crippen LogP contribution in [0, 0.1) is 11.8 Å². The average molecular weight is 700 g/mol. The van der Waals surface area contributed by atoms with Gasteiger partial charge in [-0.2, -0.15) is 0 Å². The van der Waals surface area contributed by atoms with Crippen LogP contribution < -0.4 is 31.7 Å². The molecular weight excluding hydrogens is 669 g/mol. The van der Waals surface area contributed by atoms with Gasteiger partial charge in [0.2, 0.25) is 0 Å². The van der Waals surface area contributed by atoms with Crippen molar-refractivity contribution in [2.75, 3.05) is 0 Å². The van der Waals surface area contributed by atoms with Crippen molar-refractivity contribution in [3.8, 4) is 34.7 Å². The molecule has 0 N–H and O–H groups in total. The van der Waals surface area contributed by atoms with Crippen LogP contribution in [-0.4, -0.2) is 20.2 Å². The van der Waals surface area contributed by atoms with Crippen molar-refractivity contribution in [3.63, 3.8) is 0 Å². The smallest absolute Gasteiger partial charge is 0.256 e. The Morgan fingerprint density at radius 3 is 2.38 bits per heavy atom. The Bertz CT molecular complexity index is 3660. The van der Waals surface area contributed by atoms with Gasteiger partial charge >= 0.3 is 0 Å². The lowest BCUT2D eigenvalue weighted by Crippen LogP contribution is -2.58. The van der Waals surface area contributed by atoms with Crippen LogP contribution in [0.4, 0.5) is 0 Å². The van der Waals surface area contributed by atoms with Crippen LogP contribution in [0.25, 0.3) is 89.5 Å². The van der Waals surface area contributed by atoms with Crippen molar-refractivity contribution in [1.82, 2.24) is 13.5 Å².